The molecule has 6 heteroatoms. The van der Waals surface area contributed by atoms with Gasteiger partial charge in [-0.2, -0.15) is 5.10 Å². The van der Waals surface area contributed by atoms with Gasteiger partial charge in [0.25, 0.3) is 0 Å². The van der Waals surface area contributed by atoms with Gasteiger partial charge in [-0.25, -0.2) is 4.98 Å². The lowest BCUT2D eigenvalue weighted by Gasteiger charge is -2.09. The first-order valence-corrected chi connectivity index (χ1v) is 6.96. The standard InChI is InChI=1S/C15H15ClN4O/c1-10(19-13-7-18-20(2)9-13)15-17-8-14(21-15)11-3-5-12(16)6-4-11/h3-10,19H,1-2H3. The quantitative estimate of drug-likeness (QED) is 0.794. The minimum atomic E-state index is -0.0461. The van der Waals surface area contributed by atoms with Crippen LogP contribution in [0, 0.1) is 0 Å². The summed E-state index contributed by atoms with van der Waals surface area (Å²) >= 11 is 5.88. The molecule has 0 aliphatic carbocycles. The Labute approximate surface area is 127 Å². The maximum Gasteiger partial charge on any atom is 0.217 e. The normalized spacial score (nSPS) is 12.3. The minimum Gasteiger partial charge on any atom is -0.438 e. The summed E-state index contributed by atoms with van der Waals surface area (Å²) in [5, 5.41) is 8.11. The Bertz CT molecular complexity index is 732. The highest BCUT2D eigenvalue weighted by Gasteiger charge is 2.14. The van der Waals surface area contributed by atoms with E-state index >= 15 is 0 Å². The van der Waals surface area contributed by atoms with E-state index in [9.17, 15) is 0 Å². The molecule has 2 heterocycles. The summed E-state index contributed by atoms with van der Waals surface area (Å²) < 4.78 is 7.55. The summed E-state index contributed by atoms with van der Waals surface area (Å²) in [7, 11) is 1.87. The summed E-state index contributed by atoms with van der Waals surface area (Å²) in [4.78, 5) is 4.33. The number of nitrogens with zero attached hydrogens (tertiary/aromatic N) is 3. The fourth-order valence-corrected chi connectivity index (χ4v) is 2.17. The van der Waals surface area contributed by atoms with Crippen LogP contribution in [0.1, 0.15) is 18.9 Å². The summed E-state index contributed by atoms with van der Waals surface area (Å²) in [6.07, 6.45) is 5.39. The van der Waals surface area contributed by atoms with Crippen molar-refractivity contribution in [3.05, 3.63) is 53.8 Å². The Morgan fingerprint density at radius 3 is 2.67 bits per heavy atom. The zero-order valence-electron chi connectivity index (χ0n) is 11.7. The van der Waals surface area contributed by atoms with Gasteiger partial charge >= 0.3 is 0 Å². The van der Waals surface area contributed by atoms with Gasteiger partial charge in [-0.05, 0) is 31.2 Å². The third kappa shape index (κ3) is 3.08. The number of nitrogens with one attached hydrogen (secondary N) is 1. The number of anilines is 1. The van der Waals surface area contributed by atoms with Crippen molar-refractivity contribution in [3.63, 3.8) is 0 Å². The first kappa shape index (κ1) is 13.7. The van der Waals surface area contributed by atoms with Crippen LogP contribution in [0.3, 0.4) is 0 Å². The lowest BCUT2D eigenvalue weighted by molar-refractivity contribution is 0.485. The number of rotatable bonds is 4. The molecule has 0 aliphatic rings. The molecule has 0 saturated heterocycles. The predicted octanol–water partition coefficient (Wildman–Crippen LogP) is 3.90. The number of hydrogen-bond donors (Lipinski definition) is 1. The van der Waals surface area contributed by atoms with E-state index in [1.165, 1.54) is 0 Å². The monoisotopic (exact) mass is 302 g/mol. The molecule has 108 valence electrons. The van der Waals surface area contributed by atoms with Crippen molar-refractivity contribution in [3.8, 4) is 11.3 Å². The topological polar surface area (TPSA) is 55.9 Å². The molecule has 0 fully saturated rings. The molecule has 3 rings (SSSR count). The smallest absolute Gasteiger partial charge is 0.217 e. The third-order valence-corrected chi connectivity index (χ3v) is 3.36. The number of halogens is 1. The molecule has 1 aromatic carbocycles. The fraction of sp³-hybridized carbons (Fsp3) is 0.200. The molecule has 0 amide bonds. The zero-order chi connectivity index (χ0) is 14.8. The second kappa shape index (κ2) is 5.61. The lowest BCUT2D eigenvalue weighted by Crippen LogP contribution is -2.06. The molecule has 0 saturated carbocycles. The Balaban J connectivity index is 1.76. The van der Waals surface area contributed by atoms with Crippen LogP contribution in [0.5, 0.6) is 0 Å². The van der Waals surface area contributed by atoms with Crippen LogP contribution in [-0.4, -0.2) is 14.8 Å². The first-order valence-electron chi connectivity index (χ1n) is 6.58. The van der Waals surface area contributed by atoms with Crippen molar-refractivity contribution in [1.82, 2.24) is 14.8 Å². The van der Waals surface area contributed by atoms with E-state index in [1.807, 2.05) is 44.4 Å². The highest BCUT2D eigenvalue weighted by molar-refractivity contribution is 6.30. The Kier molecular flexibility index (Phi) is 3.66. The molecule has 2 aromatic heterocycles. The van der Waals surface area contributed by atoms with Gasteiger partial charge in [-0.1, -0.05) is 11.6 Å². The largest absolute Gasteiger partial charge is 0.438 e. The Morgan fingerprint density at radius 1 is 1.24 bits per heavy atom. The molecule has 1 unspecified atom stereocenters. The molecule has 0 spiro atoms. The average molecular weight is 303 g/mol. The number of hydrogen-bond acceptors (Lipinski definition) is 4. The van der Waals surface area contributed by atoms with Crippen LogP contribution < -0.4 is 5.32 Å². The Morgan fingerprint density at radius 2 is 2.00 bits per heavy atom. The Hall–Kier alpha value is -2.27. The van der Waals surface area contributed by atoms with E-state index in [0.717, 1.165) is 17.0 Å². The van der Waals surface area contributed by atoms with Gasteiger partial charge < -0.3 is 9.73 Å². The van der Waals surface area contributed by atoms with E-state index in [0.29, 0.717) is 10.9 Å². The average Bonchev–Trinajstić information content (AvgIpc) is 3.09. The molecule has 5 nitrogen and oxygen atoms in total. The molecular weight excluding hydrogens is 288 g/mol. The summed E-state index contributed by atoms with van der Waals surface area (Å²) in [5.41, 5.74) is 1.88. The first-order chi connectivity index (χ1) is 10.1. The van der Waals surface area contributed by atoms with Crippen molar-refractivity contribution in [2.75, 3.05) is 5.32 Å². The van der Waals surface area contributed by atoms with Gasteiger partial charge in [0.2, 0.25) is 5.89 Å². The molecule has 0 aliphatic heterocycles. The molecule has 1 atom stereocenters. The van der Waals surface area contributed by atoms with Crippen molar-refractivity contribution < 1.29 is 4.42 Å². The van der Waals surface area contributed by atoms with Crippen molar-refractivity contribution >= 4 is 17.3 Å². The summed E-state index contributed by atoms with van der Waals surface area (Å²) in [6, 6.07) is 7.43. The molecule has 1 N–H and O–H groups in total. The third-order valence-electron chi connectivity index (χ3n) is 3.11. The van der Waals surface area contributed by atoms with Gasteiger partial charge in [0.05, 0.1) is 18.1 Å². The maximum absolute atomic E-state index is 5.88. The van der Waals surface area contributed by atoms with Crippen LogP contribution >= 0.6 is 11.6 Å². The molecule has 3 aromatic rings. The van der Waals surface area contributed by atoms with Crippen LogP contribution in [-0.2, 0) is 7.05 Å². The fourth-order valence-electron chi connectivity index (χ4n) is 2.04. The number of benzene rings is 1. The number of aromatic nitrogens is 3. The van der Waals surface area contributed by atoms with E-state index in [4.69, 9.17) is 16.0 Å². The van der Waals surface area contributed by atoms with Crippen LogP contribution in [0.25, 0.3) is 11.3 Å². The van der Waals surface area contributed by atoms with Gasteiger partial charge in [-0.15, -0.1) is 0 Å². The van der Waals surface area contributed by atoms with Gasteiger partial charge in [-0.3, -0.25) is 4.68 Å². The molecule has 21 heavy (non-hydrogen) atoms. The van der Waals surface area contributed by atoms with E-state index in [1.54, 1.807) is 17.1 Å². The van der Waals surface area contributed by atoms with Gasteiger partial charge in [0.15, 0.2) is 5.76 Å². The van der Waals surface area contributed by atoms with E-state index < -0.39 is 0 Å². The highest BCUT2D eigenvalue weighted by atomic mass is 35.5. The van der Waals surface area contributed by atoms with Gasteiger partial charge in [0, 0.05) is 23.8 Å². The summed E-state index contributed by atoms with van der Waals surface area (Å²) in [5.74, 6) is 1.35. The van der Waals surface area contributed by atoms with Crippen molar-refractivity contribution in [2.45, 2.75) is 13.0 Å². The number of aryl methyl sites for hydroxylation is 1. The van der Waals surface area contributed by atoms with Crippen LogP contribution in [0.15, 0.2) is 47.3 Å². The molecular formula is C15H15ClN4O. The SMILES string of the molecule is CC(Nc1cnn(C)c1)c1ncc(-c2ccc(Cl)cc2)o1. The van der Waals surface area contributed by atoms with Crippen LogP contribution in [0.2, 0.25) is 5.02 Å². The predicted molar refractivity (Wildman–Crippen MR) is 82.2 cm³/mol. The van der Waals surface area contributed by atoms with Gasteiger partial charge in [0.1, 0.15) is 6.04 Å². The number of oxazole rings is 1. The lowest BCUT2D eigenvalue weighted by atomic mass is 10.2. The van der Waals surface area contributed by atoms with Crippen molar-refractivity contribution in [2.24, 2.45) is 7.05 Å². The second-order valence-corrected chi connectivity index (χ2v) is 5.27. The maximum atomic E-state index is 5.88. The second-order valence-electron chi connectivity index (χ2n) is 4.84. The summed E-state index contributed by atoms with van der Waals surface area (Å²) in [6.45, 7) is 1.99. The highest BCUT2D eigenvalue weighted by Crippen LogP contribution is 2.25. The van der Waals surface area contributed by atoms with Crippen LogP contribution in [0.4, 0.5) is 5.69 Å². The van der Waals surface area contributed by atoms with Crippen molar-refractivity contribution in [1.29, 1.82) is 0 Å². The minimum absolute atomic E-state index is 0.0461. The van der Waals surface area contributed by atoms with E-state index in [2.05, 4.69) is 15.4 Å². The zero-order valence-corrected chi connectivity index (χ0v) is 12.5. The molecule has 0 bridgehead atoms. The van der Waals surface area contributed by atoms with E-state index in [-0.39, 0.29) is 6.04 Å². The molecule has 0 radical (unpaired) electrons.